The third-order valence-corrected chi connectivity index (χ3v) is 3.06. The van der Waals surface area contributed by atoms with Gasteiger partial charge in [-0.05, 0) is 25.2 Å². The number of hydrogen-bond acceptors (Lipinski definition) is 4. The number of aromatic hydroxyl groups is 1. The van der Waals surface area contributed by atoms with E-state index in [0.717, 1.165) is 13.1 Å². The van der Waals surface area contributed by atoms with Crippen molar-refractivity contribution in [2.24, 2.45) is 0 Å². The first-order valence-electron chi connectivity index (χ1n) is 5.64. The van der Waals surface area contributed by atoms with E-state index in [0.29, 0.717) is 24.3 Å². The number of carbonyl (C=O) groups is 1. The minimum Gasteiger partial charge on any atom is -0.508 e. The fourth-order valence-corrected chi connectivity index (χ4v) is 1.91. The summed E-state index contributed by atoms with van der Waals surface area (Å²) in [5.41, 5.74) is 6.55. The maximum absolute atomic E-state index is 12.2. The van der Waals surface area contributed by atoms with E-state index in [2.05, 4.69) is 4.90 Å². The third-order valence-electron chi connectivity index (χ3n) is 3.06. The molecule has 1 saturated heterocycles. The minimum atomic E-state index is -0.105. The average Bonchev–Trinajstić information content (AvgIpc) is 2.32. The van der Waals surface area contributed by atoms with Gasteiger partial charge in [0.2, 0.25) is 0 Å². The van der Waals surface area contributed by atoms with Crippen molar-refractivity contribution >= 4 is 11.6 Å². The molecule has 17 heavy (non-hydrogen) atoms. The summed E-state index contributed by atoms with van der Waals surface area (Å²) >= 11 is 0. The van der Waals surface area contributed by atoms with E-state index in [4.69, 9.17) is 5.73 Å². The van der Waals surface area contributed by atoms with Crippen LogP contribution >= 0.6 is 0 Å². The lowest BCUT2D eigenvalue weighted by Crippen LogP contribution is -2.47. The third kappa shape index (κ3) is 2.50. The van der Waals surface area contributed by atoms with Gasteiger partial charge in [0.25, 0.3) is 5.91 Å². The van der Waals surface area contributed by atoms with E-state index in [1.165, 1.54) is 12.1 Å². The van der Waals surface area contributed by atoms with Crippen LogP contribution in [0.1, 0.15) is 10.4 Å². The largest absolute Gasteiger partial charge is 0.508 e. The zero-order valence-electron chi connectivity index (χ0n) is 9.89. The van der Waals surface area contributed by atoms with Crippen LogP contribution < -0.4 is 5.73 Å². The Hall–Kier alpha value is -1.75. The summed E-state index contributed by atoms with van der Waals surface area (Å²) in [5, 5.41) is 9.39. The van der Waals surface area contributed by atoms with Crippen molar-refractivity contribution in [2.75, 3.05) is 39.0 Å². The van der Waals surface area contributed by atoms with Gasteiger partial charge in [0, 0.05) is 31.9 Å². The van der Waals surface area contributed by atoms with Crippen molar-refractivity contribution in [3.63, 3.8) is 0 Å². The molecule has 0 atom stereocenters. The Kier molecular flexibility index (Phi) is 3.19. The van der Waals surface area contributed by atoms with Crippen LogP contribution in [0.4, 0.5) is 5.69 Å². The standard InChI is InChI=1S/C12H17N3O2/c1-14-4-6-15(7-5-14)12(17)10-8-9(16)2-3-11(10)13/h2-3,8,16H,4-7,13H2,1H3. The number of rotatable bonds is 1. The Balaban J connectivity index is 2.16. The van der Waals surface area contributed by atoms with Gasteiger partial charge in [0.1, 0.15) is 5.75 Å². The number of hydrogen-bond donors (Lipinski definition) is 2. The number of phenolic OH excluding ortho intramolecular Hbond substituents is 1. The second-order valence-corrected chi connectivity index (χ2v) is 4.37. The van der Waals surface area contributed by atoms with Crippen LogP contribution in [0.2, 0.25) is 0 Å². The number of phenols is 1. The topological polar surface area (TPSA) is 69.8 Å². The van der Waals surface area contributed by atoms with Crippen molar-refractivity contribution in [2.45, 2.75) is 0 Å². The molecule has 1 aromatic carbocycles. The Labute approximate surface area is 100 Å². The molecule has 1 heterocycles. The Bertz CT molecular complexity index is 426. The maximum atomic E-state index is 12.2. The number of nitrogens with zero attached hydrogens (tertiary/aromatic N) is 2. The highest BCUT2D eigenvalue weighted by atomic mass is 16.3. The van der Waals surface area contributed by atoms with Gasteiger partial charge in [0.05, 0.1) is 5.56 Å². The van der Waals surface area contributed by atoms with Crippen molar-refractivity contribution in [3.05, 3.63) is 23.8 Å². The molecule has 5 heteroatoms. The van der Waals surface area contributed by atoms with Crippen molar-refractivity contribution in [1.29, 1.82) is 0 Å². The first-order chi connectivity index (χ1) is 8.08. The van der Waals surface area contributed by atoms with Gasteiger partial charge in [0.15, 0.2) is 0 Å². The number of piperazine rings is 1. The zero-order valence-corrected chi connectivity index (χ0v) is 9.89. The van der Waals surface area contributed by atoms with Crippen LogP contribution in [0.5, 0.6) is 5.75 Å². The monoisotopic (exact) mass is 235 g/mol. The van der Waals surface area contributed by atoms with E-state index < -0.39 is 0 Å². The predicted octanol–water partition coefficient (Wildman–Crippen LogP) is 0.362. The quantitative estimate of drug-likeness (QED) is 0.545. The number of carbonyl (C=O) groups excluding carboxylic acids is 1. The highest BCUT2D eigenvalue weighted by Gasteiger charge is 2.22. The van der Waals surface area contributed by atoms with E-state index >= 15 is 0 Å². The first-order valence-corrected chi connectivity index (χ1v) is 5.64. The molecular weight excluding hydrogens is 218 g/mol. The van der Waals surface area contributed by atoms with Crippen LogP contribution in [0.25, 0.3) is 0 Å². The SMILES string of the molecule is CN1CCN(C(=O)c2cc(O)ccc2N)CC1. The molecule has 3 N–H and O–H groups in total. The molecular formula is C12H17N3O2. The summed E-state index contributed by atoms with van der Waals surface area (Å²) in [6, 6.07) is 4.46. The average molecular weight is 235 g/mol. The summed E-state index contributed by atoms with van der Waals surface area (Å²) in [4.78, 5) is 16.1. The summed E-state index contributed by atoms with van der Waals surface area (Å²) in [5.74, 6) is -0.0387. The molecule has 0 unspecified atom stereocenters. The summed E-state index contributed by atoms with van der Waals surface area (Å²) in [7, 11) is 2.03. The smallest absolute Gasteiger partial charge is 0.256 e. The molecule has 0 aliphatic carbocycles. The van der Waals surface area contributed by atoms with Crippen LogP contribution in [-0.2, 0) is 0 Å². The minimum absolute atomic E-state index is 0.0664. The van der Waals surface area contributed by atoms with Gasteiger partial charge in [-0.3, -0.25) is 4.79 Å². The molecule has 0 bridgehead atoms. The predicted molar refractivity (Wildman–Crippen MR) is 65.9 cm³/mol. The molecule has 0 radical (unpaired) electrons. The van der Waals surface area contributed by atoms with Gasteiger partial charge in [-0.1, -0.05) is 0 Å². The molecule has 1 amide bonds. The first kappa shape index (κ1) is 11.7. The molecule has 1 aliphatic heterocycles. The van der Waals surface area contributed by atoms with E-state index in [-0.39, 0.29) is 11.7 Å². The second kappa shape index (κ2) is 4.63. The lowest BCUT2D eigenvalue weighted by molar-refractivity contribution is 0.0665. The Morgan fingerprint density at radius 2 is 1.94 bits per heavy atom. The highest BCUT2D eigenvalue weighted by molar-refractivity contribution is 5.99. The summed E-state index contributed by atoms with van der Waals surface area (Å²) in [6.07, 6.45) is 0. The molecule has 0 spiro atoms. The Morgan fingerprint density at radius 3 is 2.59 bits per heavy atom. The lowest BCUT2D eigenvalue weighted by Gasteiger charge is -2.32. The van der Waals surface area contributed by atoms with Crippen molar-refractivity contribution in [1.82, 2.24) is 9.80 Å². The normalized spacial score (nSPS) is 17.1. The Morgan fingerprint density at radius 1 is 1.29 bits per heavy atom. The number of amides is 1. The van der Waals surface area contributed by atoms with Crippen molar-refractivity contribution in [3.8, 4) is 5.75 Å². The van der Waals surface area contributed by atoms with Crippen LogP contribution in [0.15, 0.2) is 18.2 Å². The molecule has 0 aromatic heterocycles. The fraction of sp³-hybridized carbons (Fsp3) is 0.417. The van der Waals surface area contributed by atoms with E-state index in [1.54, 1.807) is 11.0 Å². The maximum Gasteiger partial charge on any atom is 0.256 e. The van der Waals surface area contributed by atoms with Gasteiger partial charge in [-0.2, -0.15) is 0 Å². The summed E-state index contributed by atoms with van der Waals surface area (Å²) in [6.45, 7) is 3.13. The van der Waals surface area contributed by atoms with Gasteiger partial charge in [-0.15, -0.1) is 0 Å². The van der Waals surface area contributed by atoms with E-state index in [1.807, 2.05) is 7.05 Å². The number of likely N-dealkylation sites (N-methyl/N-ethyl adjacent to an activating group) is 1. The number of anilines is 1. The molecule has 5 nitrogen and oxygen atoms in total. The second-order valence-electron chi connectivity index (χ2n) is 4.37. The van der Waals surface area contributed by atoms with E-state index in [9.17, 15) is 9.90 Å². The van der Waals surface area contributed by atoms with Gasteiger partial charge in [-0.25, -0.2) is 0 Å². The molecule has 92 valence electrons. The van der Waals surface area contributed by atoms with Crippen molar-refractivity contribution < 1.29 is 9.90 Å². The molecule has 1 aliphatic rings. The number of benzene rings is 1. The fourth-order valence-electron chi connectivity index (χ4n) is 1.91. The number of nitrogen functional groups attached to an aromatic ring is 1. The van der Waals surface area contributed by atoms with Gasteiger partial charge >= 0.3 is 0 Å². The van der Waals surface area contributed by atoms with Crippen LogP contribution in [0, 0.1) is 0 Å². The highest BCUT2D eigenvalue weighted by Crippen LogP contribution is 2.20. The zero-order chi connectivity index (χ0) is 12.4. The molecule has 0 saturated carbocycles. The molecule has 1 fully saturated rings. The van der Waals surface area contributed by atoms with Crippen LogP contribution in [0.3, 0.4) is 0 Å². The summed E-state index contributed by atoms with van der Waals surface area (Å²) < 4.78 is 0. The van der Waals surface area contributed by atoms with Crippen LogP contribution in [-0.4, -0.2) is 54.0 Å². The number of nitrogens with two attached hydrogens (primary N) is 1. The molecule has 1 aromatic rings. The lowest BCUT2D eigenvalue weighted by atomic mass is 10.1. The molecule has 2 rings (SSSR count). The van der Waals surface area contributed by atoms with Gasteiger partial charge < -0.3 is 20.6 Å².